The zero-order valence-corrected chi connectivity index (χ0v) is 16.3. The van der Waals surface area contributed by atoms with Gasteiger partial charge in [-0.3, -0.25) is 9.59 Å². The summed E-state index contributed by atoms with van der Waals surface area (Å²) in [7, 11) is 0. The summed E-state index contributed by atoms with van der Waals surface area (Å²) in [6.45, 7) is 6.54. The van der Waals surface area contributed by atoms with Gasteiger partial charge in [-0.15, -0.1) is 0 Å². The number of carbonyl (C=O) groups excluding carboxylic acids is 2. The van der Waals surface area contributed by atoms with Crippen molar-refractivity contribution in [2.24, 2.45) is 5.92 Å². The average molecular weight is 392 g/mol. The van der Waals surface area contributed by atoms with Crippen molar-refractivity contribution in [3.05, 3.63) is 58.4 Å². The van der Waals surface area contributed by atoms with Crippen LogP contribution in [0.5, 0.6) is 0 Å². The van der Waals surface area contributed by atoms with Gasteiger partial charge in [-0.2, -0.15) is 0 Å². The van der Waals surface area contributed by atoms with Gasteiger partial charge in [0.25, 0.3) is 5.91 Å². The van der Waals surface area contributed by atoms with Gasteiger partial charge in [0.15, 0.2) is 0 Å². The molecule has 0 aliphatic rings. The maximum Gasteiger partial charge on any atom is 0.251 e. The van der Waals surface area contributed by atoms with Crippen LogP contribution in [0.25, 0.3) is 0 Å². The molecule has 27 heavy (non-hydrogen) atoms. The molecule has 0 heterocycles. The molecule has 2 aromatic carbocycles. The van der Waals surface area contributed by atoms with Gasteiger partial charge in [-0.05, 0) is 54.8 Å². The van der Waals surface area contributed by atoms with E-state index in [0.717, 1.165) is 17.3 Å². The Hall–Kier alpha value is -2.60. The van der Waals surface area contributed by atoms with Crippen molar-refractivity contribution in [2.45, 2.75) is 20.8 Å². The van der Waals surface area contributed by atoms with E-state index in [-0.39, 0.29) is 23.4 Å². The van der Waals surface area contributed by atoms with E-state index in [0.29, 0.717) is 23.7 Å². The molecule has 0 aromatic heterocycles. The Morgan fingerprint density at radius 1 is 1.11 bits per heavy atom. The monoisotopic (exact) mass is 391 g/mol. The van der Waals surface area contributed by atoms with Crippen LogP contribution in [0.2, 0.25) is 5.02 Å². The van der Waals surface area contributed by atoms with Crippen LogP contribution < -0.4 is 16.0 Å². The Labute approximate surface area is 163 Å². The molecule has 0 fully saturated rings. The number of carbonyl (C=O) groups is 2. The molecule has 0 aliphatic carbocycles. The largest absolute Gasteiger partial charge is 0.376 e. The number of anilines is 2. The summed E-state index contributed by atoms with van der Waals surface area (Å²) in [6, 6.07) is 9.01. The number of amides is 2. The van der Waals surface area contributed by atoms with Crippen molar-refractivity contribution in [3.8, 4) is 0 Å². The van der Waals surface area contributed by atoms with E-state index in [1.165, 1.54) is 12.1 Å². The highest BCUT2D eigenvalue weighted by molar-refractivity contribution is 6.33. The number of nitrogens with one attached hydrogen (secondary N) is 3. The first kappa shape index (κ1) is 20.7. The molecule has 2 amide bonds. The standard InChI is InChI=1S/C20H23ClFN3O2/c1-12(2)10-24-20(27)14-4-6-17(13(3)8-14)23-11-19(26)25-18-7-5-15(22)9-16(18)21/h4-9,12,23H,10-11H2,1-3H3,(H,24,27)(H,25,26). The molecule has 0 spiro atoms. The summed E-state index contributed by atoms with van der Waals surface area (Å²) < 4.78 is 13.0. The summed E-state index contributed by atoms with van der Waals surface area (Å²) in [5, 5.41) is 8.64. The van der Waals surface area contributed by atoms with Gasteiger partial charge in [0.1, 0.15) is 5.82 Å². The molecule has 0 saturated heterocycles. The molecule has 3 N–H and O–H groups in total. The van der Waals surface area contributed by atoms with Gasteiger partial charge in [-0.1, -0.05) is 25.4 Å². The molecule has 0 radical (unpaired) electrons. The third-order valence-electron chi connectivity index (χ3n) is 3.80. The van der Waals surface area contributed by atoms with E-state index in [1.807, 2.05) is 20.8 Å². The Bertz CT molecular complexity index is 840. The van der Waals surface area contributed by atoms with Crippen LogP contribution in [0.4, 0.5) is 15.8 Å². The Kier molecular flexibility index (Phi) is 7.19. The summed E-state index contributed by atoms with van der Waals surface area (Å²) in [5.74, 6) is -0.530. The average Bonchev–Trinajstić information content (AvgIpc) is 2.61. The molecule has 0 bridgehead atoms. The second-order valence-electron chi connectivity index (χ2n) is 6.66. The van der Waals surface area contributed by atoms with Gasteiger partial charge >= 0.3 is 0 Å². The SMILES string of the molecule is Cc1cc(C(=O)NCC(C)C)ccc1NCC(=O)Nc1ccc(F)cc1Cl. The molecule has 7 heteroatoms. The minimum Gasteiger partial charge on any atom is -0.376 e. The summed E-state index contributed by atoms with van der Waals surface area (Å²) in [6.07, 6.45) is 0. The Balaban J connectivity index is 1.93. The second kappa shape index (κ2) is 9.37. The molecule has 144 valence electrons. The first-order chi connectivity index (χ1) is 12.8. The fraction of sp³-hybridized carbons (Fsp3) is 0.300. The molecular formula is C20H23ClFN3O2. The van der Waals surface area contributed by atoms with Gasteiger partial charge < -0.3 is 16.0 Å². The number of hydrogen-bond donors (Lipinski definition) is 3. The predicted octanol–water partition coefficient (Wildman–Crippen LogP) is 4.22. The first-order valence-corrected chi connectivity index (χ1v) is 9.01. The van der Waals surface area contributed by atoms with E-state index in [9.17, 15) is 14.0 Å². The van der Waals surface area contributed by atoms with Gasteiger partial charge in [0.05, 0.1) is 17.3 Å². The lowest BCUT2D eigenvalue weighted by molar-refractivity contribution is -0.114. The highest BCUT2D eigenvalue weighted by Gasteiger charge is 2.10. The summed E-state index contributed by atoms with van der Waals surface area (Å²) >= 11 is 5.90. The van der Waals surface area contributed by atoms with E-state index in [1.54, 1.807) is 18.2 Å². The molecule has 0 saturated carbocycles. The molecule has 2 aromatic rings. The maximum atomic E-state index is 13.0. The normalized spacial score (nSPS) is 10.6. The first-order valence-electron chi connectivity index (χ1n) is 8.64. The fourth-order valence-electron chi connectivity index (χ4n) is 2.36. The Morgan fingerprint density at radius 2 is 1.81 bits per heavy atom. The fourth-order valence-corrected chi connectivity index (χ4v) is 2.58. The van der Waals surface area contributed by atoms with Gasteiger partial charge in [0, 0.05) is 17.8 Å². The number of aryl methyl sites for hydroxylation is 1. The second-order valence-corrected chi connectivity index (χ2v) is 7.07. The highest BCUT2D eigenvalue weighted by atomic mass is 35.5. The van der Waals surface area contributed by atoms with Crippen molar-refractivity contribution >= 4 is 34.8 Å². The topological polar surface area (TPSA) is 70.2 Å². The summed E-state index contributed by atoms with van der Waals surface area (Å²) in [4.78, 5) is 24.2. The minimum absolute atomic E-state index is 0.00738. The van der Waals surface area contributed by atoms with E-state index >= 15 is 0 Å². The summed E-state index contributed by atoms with van der Waals surface area (Å²) in [5.41, 5.74) is 2.51. The van der Waals surface area contributed by atoms with Gasteiger partial charge in [-0.25, -0.2) is 4.39 Å². The number of benzene rings is 2. The van der Waals surface area contributed by atoms with Crippen molar-refractivity contribution in [3.63, 3.8) is 0 Å². The van der Waals surface area contributed by atoms with Gasteiger partial charge in [0.2, 0.25) is 5.91 Å². The van der Waals surface area contributed by atoms with Crippen LogP contribution in [0.1, 0.15) is 29.8 Å². The lowest BCUT2D eigenvalue weighted by atomic mass is 10.1. The van der Waals surface area contributed by atoms with Crippen molar-refractivity contribution < 1.29 is 14.0 Å². The van der Waals surface area contributed by atoms with Crippen LogP contribution >= 0.6 is 11.6 Å². The number of halogens is 2. The van der Waals surface area contributed by atoms with Crippen LogP contribution in [-0.4, -0.2) is 24.9 Å². The quantitative estimate of drug-likeness (QED) is 0.661. The molecule has 5 nitrogen and oxygen atoms in total. The molecule has 0 aliphatic heterocycles. The lowest BCUT2D eigenvalue weighted by Gasteiger charge is -2.13. The van der Waals surface area contributed by atoms with E-state index in [2.05, 4.69) is 16.0 Å². The van der Waals surface area contributed by atoms with Crippen LogP contribution in [-0.2, 0) is 4.79 Å². The van der Waals surface area contributed by atoms with Crippen molar-refractivity contribution in [1.82, 2.24) is 5.32 Å². The maximum absolute atomic E-state index is 13.0. The van der Waals surface area contributed by atoms with E-state index < -0.39 is 5.82 Å². The molecule has 0 atom stereocenters. The third-order valence-corrected chi connectivity index (χ3v) is 4.12. The number of rotatable bonds is 7. The third kappa shape index (κ3) is 6.25. The van der Waals surface area contributed by atoms with E-state index in [4.69, 9.17) is 11.6 Å². The van der Waals surface area contributed by atoms with Crippen molar-refractivity contribution in [1.29, 1.82) is 0 Å². The zero-order chi connectivity index (χ0) is 20.0. The van der Waals surface area contributed by atoms with Crippen LogP contribution in [0.3, 0.4) is 0 Å². The smallest absolute Gasteiger partial charge is 0.251 e. The zero-order valence-electron chi connectivity index (χ0n) is 15.5. The molecule has 2 rings (SSSR count). The van der Waals surface area contributed by atoms with Crippen LogP contribution in [0.15, 0.2) is 36.4 Å². The van der Waals surface area contributed by atoms with Crippen molar-refractivity contribution in [2.75, 3.05) is 23.7 Å². The molecule has 0 unspecified atom stereocenters. The van der Waals surface area contributed by atoms with Crippen LogP contribution in [0, 0.1) is 18.7 Å². The highest BCUT2D eigenvalue weighted by Crippen LogP contribution is 2.22. The Morgan fingerprint density at radius 3 is 2.44 bits per heavy atom. The lowest BCUT2D eigenvalue weighted by Crippen LogP contribution is -2.27. The predicted molar refractivity (Wildman–Crippen MR) is 107 cm³/mol. The minimum atomic E-state index is -0.468. The molecular weight excluding hydrogens is 369 g/mol. The number of hydrogen-bond acceptors (Lipinski definition) is 3.